The lowest BCUT2D eigenvalue weighted by Gasteiger charge is -2.40. The highest BCUT2D eigenvalue weighted by molar-refractivity contribution is 5.96. The van der Waals surface area contributed by atoms with Crippen LogP contribution in [0.4, 0.5) is 0 Å². The largest absolute Gasteiger partial charge is 0.496 e. The maximum atomic E-state index is 13.0. The lowest BCUT2D eigenvalue weighted by Crippen LogP contribution is -2.55. The zero-order valence-corrected chi connectivity index (χ0v) is 17.7. The minimum absolute atomic E-state index is 0.0418. The molecule has 1 fully saturated rings. The van der Waals surface area contributed by atoms with E-state index in [2.05, 4.69) is 0 Å². The summed E-state index contributed by atoms with van der Waals surface area (Å²) in [5, 5.41) is 0. The van der Waals surface area contributed by atoms with E-state index in [1.807, 2.05) is 49.9 Å². The van der Waals surface area contributed by atoms with Crippen LogP contribution in [0.1, 0.15) is 38.8 Å². The lowest BCUT2D eigenvalue weighted by molar-refractivity contribution is 0.0414. The molecule has 1 saturated heterocycles. The molecular weight excluding hydrogens is 368 g/mol. The van der Waals surface area contributed by atoms with E-state index in [0.717, 1.165) is 11.1 Å². The fourth-order valence-electron chi connectivity index (χ4n) is 3.70. The number of aryl methyl sites for hydroxylation is 2. The molecule has 1 aliphatic heterocycles. The summed E-state index contributed by atoms with van der Waals surface area (Å²) in [6.07, 6.45) is 0. The molecule has 0 aliphatic carbocycles. The Kier molecular flexibility index (Phi) is 6.11. The van der Waals surface area contributed by atoms with E-state index >= 15 is 0 Å². The van der Waals surface area contributed by atoms with Crippen LogP contribution in [-0.4, -0.2) is 61.5 Å². The van der Waals surface area contributed by atoms with E-state index < -0.39 is 0 Å². The van der Waals surface area contributed by atoms with Crippen molar-refractivity contribution in [3.8, 4) is 11.5 Å². The van der Waals surface area contributed by atoms with Crippen LogP contribution in [0, 0.1) is 13.8 Å². The molecule has 154 valence electrons. The van der Waals surface area contributed by atoms with Crippen molar-refractivity contribution in [2.45, 2.75) is 26.8 Å². The second-order valence-corrected chi connectivity index (χ2v) is 7.47. The van der Waals surface area contributed by atoms with Crippen LogP contribution in [0.5, 0.6) is 11.5 Å². The highest BCUT2D eigenvalue weighted by Gasteiger charge is 2.31. The molecular formula is C23H28N2O4. The van der Waals surface area contributed by atoms with E-state index in [9.17, 15) is 9.59 Å². The number of carbonyl (C=O) groups excluding carboxylic acids is 2. The molecule has 3 rings (SSSR count). The highest BCUT2D eigenvalue weighted by atomic mass is 16.5. The zero-order valence-electron chi connectivity index (χ0n) is 17.7. The van der Waals surface area contributed by atoms with Crippen LogP contribution in [0.25, 0.3) is 0 Å². The van der Waals surface area contributed by atoms with Gasteiger partial charge in [0.15, 0.2) is 0 Å². The number of piperazine rings is 1. The monoisotopic (exact) mass is 396 g/mol. The molecule has 0 spiro atoms. The fourth-order valence-corrected chi connectivity index (χ4v) is 3.70. The first-order valence-corrected chi connectivity index (χ1v) is 9.75. The van der Waals surface area contributed by atoms with Crippen LogP contribution < -0.4 is 9.47 Å². The molecule has 6 nitrogen and oxygen atoms in total. The van der Waals surface area contributed by atoms with Crippen molar-refractivity contribution in [3.05, 3.63) is 58.7 Å². The average molecular weight is 396 g/mol. The van der Waals surface area contributed by atoms with Crippen LogP contribution in [0.3, 0.4) is 0 Å². The number of benzene rings is 2. The first-order valence-electron chi connectivity index (χ1n) is 9.75. The Morgan fingerprint density at radius 1 is 0.862 bits per heavy atom. The molecule has 0 N–H and O–H groups in total. The molecule has 1 heterocycles. The van der Waals surface area contributed by atoms with Gasteiger partial charge in [0.1, 0.15) is 11.5 Å². The molecule has 2 amide bonds. The van der Waals surface area contributed by atoms with Gasteiger partial charge in [0, 0.05) is 36.8 Å². The molecule has 0 saturated carbocycles. The Balaban J connectivity index is 1.72. The van der Waals surface area contributed by atoms with E-state index in [1.165, 1.54) is 0 Å². The first kappa shape index (κ1) is 20.7. The van der Waals surface area contributed by atoms with Crippen molar-refractivity contribution in [2.75, 3.05) is 33.9 Å². The number of hydrogen-bond donors (Lipinski definition) is 0. The maximum Gasteiger partial charge on any atom is 0.254 e. The second kappa shape index (κ2) is 8.55. The average Bonchev–Trinajstić information content (AvgIpc) is 2.73. The summed E-state index contributed by atoms with van der Waals surface area (Å²) >= 11 is 0. The Labute approximate surface area is 172 Å². The molecule has 2 aromatic carbocycles. The van der Waals surface area contributed by atoms with Gasteiger partial charge in [-0.1, -0.05) is 12.1 Å². The molecule has 6 heteroatoms. The predicted molar refractivity (Wildman–Crippen MR) is 112 cm³/mol. The van der Waals surface area contributed by atoms with Crippen molar-refractivity contribution in [1.82, 2.24) is 9.80 Å². The number of rotatable bonds is 4. The minimum atomic E-state index is -0.0835. The number of methoxy groups -OCH3 is 2. The van der Waals surface area contributed by atoms with Gasteiger partial charge >= 0.3 is 0 Å². The fraction of sp³-hybridized carbons (Fsp3) is 0.391. The third kappa shape index (κ3) is 4.21. The summed E-state index contributed by atoms with van der Waals surface area (Å²) < 4.78 is 10.7. The van der Waals surface area contributed by atoms with Crippen molar-refractivity contribution in [3.63, 3.8) is 0 Å². The number of hydrogen-bond acceptors (Lipinski definition) is 4. The summed E-state index contributed by atoms with van der Waals surface area (Å²) in [6, 6.07) is 10.9. The van der Waals surface area contributed by atoms with Gasteiger partial charge in [-0.25, -0.2) is 0 Å². The third-order valence-electron chi connectivity index (χ3n) is 5.49. The van der Waals surface area contributed by atoms with Gasteiger partial charge in [0.25, 0.3) is 11.8 Å². The summed E-state index contributed by atoms with van der Waals surface area (Å²) in [6.45, 7) is 7.33. The Bertz CT molecular complexity index is 925. The quantitative estimate of drug-likeness (QED) is 0.796. The maximum absolute atomic E-state index is 13.0. The van der Waals surface area contributed by atoms with E-state index in [4.69, 9.17) is 9.47 Å². The summed E-state index contributed by atoms with van der Waals surface area (Å²) in [5.74, 6) is 1.32. The molecule has 0 bridgehead atoms. The van der Waals surface area contributed by atoms with Gasteiger partial charge in [-0.2, -0.15) is 0 Å². The Morgan fingerprint density at radius 3 is 1.86 bits per heavy atom. The lowest BCUT2D eigenvalue weighted by atomic mass is 10.1. The van der Waals surface area contributed by atoms with Gasteiger partial charge in [-0.05, 0) is 56.2 Å². The van der Waals surface area contributed by atoms with Crippen molar-refractivity contribution >= 4 is 11.8 Å². The normalized spacial score (nSPS) is 16.5. The van der Waals surface area contributed by atoms with Gasteiger partial charge in [0.05, 0.1) is 14.2 Å². The number of carbonyl (C=O) groups is 2. The number of nitrogens with zero attached hydrogens (tertiary/aromatic N) is 2. The molecule has 0 aromatic heterocycles. The Hall–Kier alpha value is -3.02. The van der Waals surface area contributed by atoms with Gasteiger partial charge in [-0.15, -0.1) is 0 Å². The standard InChI is InChI=1S/C23H28N2O4/c1-15-6-8-18(12-20(15)28-4)22(26)24-10-11-25(17(3)14-24)23(27)19-9-7-16(2)21(13-19)29-5/h6-9,12-13,17H,10-11,14H2,1-5H3/t17-/m0/s1. The molecule has 1 aliphatic rings. The summed E-state index contributed by atoms with van der Waals surface area (Å²) in [5.41, 5.74) is 3.17. The minimum Gasteiger partial charge on any atom is -0.496 e. The van der Waals surface area contributed by atoms with Gasteiger partial charge < -0.3 is 19.3 Å². The summed E-state index contributed by atoms with van der Waals surface area (Å²) in [4.78, 5) is 29.6. The van der Waals surface area contributed by atoms with Gasteiger partial charge in [-0.3, -0.25) is 9.59 Å². The van der Waals surface area contributed by atoms with E-state index in [1.54, 1.807) is 31.3 Å². The number of ether oxygens (including phenoxy) is 2. The van der Waals surface area contributed by atoms with Crippen LogP contribution in [0.15, 0.2) is 36.4 Å². The van der Waals surface area contributed by atoms with Crippen LogP contribution in [0.2, 0.25) is 0 Å². The first-order chi connectivity index (χ1) is 13.8. The van der Waals surface area contributed by atoms with E-state index in [0.29, 0.717) is 42.3 Å². The molecule has 0 radical (unpaired) electrons. The van der Waals surface area contributed by atoms with E-state index in [-0.39, 0.29) is 17.9 Å². The van der Waals surface area contributed by atoms with Crippen molar-refractivity contribution in [1.29, 1.82) is 0 Å². The topological polar surface area (TPSA) is 59.1 Å². The smallest absolute Gasteiger partial charge is 0.254 e. The zero-order chi connectivity index (χ0) is 21.1. The Morgan fingerprint density at radius 2 is 1.38 bits per heavy atom. The van der Waals surface area contributed by atoms with Crippen molar-refractivity contribution in [2.24, 2.45) is 0 Å². The van der Waals surface area contributed by atoms with Crippen LogP contribution >= 0.6 is 0 Å². The molecule has 2 aromatic rings. The highest BCUT2D eigenvalue weighted by Crippen LogP contribution is 2.24. The third-order valence-corrected chi connectivity index (χ3v) is 5.49. The predicted octanol–water partition coefficient (Wildman–Crippen LogP) is 3.31. The summed E-state index contributed by atoms with van der Waals surface area (Å²) in [7, 11) is 3.20. The van der Waals surface area contributed by atoms with Gasteiger partial charge in [0.2, 0.25) is 0 Å². The van der Waals surface area contributed by atoms with Crippen LogP contribution in [-0.2, 0) is 0 Å². The molecule has 29 heavy (non-hydrogen) atoms. The molecule has 1 atom stereocenters. The SMILES string of the molecule is COc1cc(C(=O)N2CCN(C(=O)c3ccc(C)c(OC)c3)[C@@H](C)C2)ccc1C. The second-order valence-electron chi connectivity index (χ2n) is 7.47. The van der Waals surface area contributed by atoms with Crippen molar-refractivity contribution < 1.29 is 19.1 Å². The molecule has 0 unspecified atom stereocenters. The number of amides is 2.